The lowest BCUT2D eigenvalue weighted by Crippen LogP contribution is -2.33. The maximum absolute atomic E-state index is 13.1. The molecule has 0 aliphatic heterocycles. The van der Waals surface area contributed by atoms with Crippen LogP contribution in [0.15, 0.2) is 73.3 Å². The number of rotatable bonds is 8. The van der Waals surface area contributed by atoms with Crippen molar-refractivity contribution in [2.45, 2.75) is 19.9 Å². The molecule has 3 aromatic rings. The van der Waals surface area contributed by atoms with E-state index in [9.17, 15) is 9.59 Å². The first-order chi connectivity index (χ1) is 13.7. The van der Waals surface area contributed by atoms with Crippen molar-refractivity contribution in [1.29, 1.82) is 0 Å². The van der Waals surface area contributed by atoms with Gasteiger partial charge in [-0.25, -0.2) is 0 Å². The van der Waals surface area contributed by atoms with Crippen LogP contribution in [0.4, 0.5) is 0 Å². The molecule has 2 heterocycles. The first kappa shape index (κ1) is 19.4. The maximum atomic E-state index is 13.1. The fourth-order valence-electron chi connectivity index (χ4n) is 2.89. The van der Waals surface area contributed by atoms with E-state index in [1.807, 2.05) is 53.4 Å². The smallest absolute Gasteiger partial charge is 0.307 e. The largest absolute Gasteiger partial charge is 0.466 e. The average Bonchev–Trinajstić information content (AvgIpc) is 3.26. The molecule has 3 rings (SSSR count). The Morgan fingerprint density at radius 1 is 1.07 bits per heavy atom. The van der Waals surface area contributed by atoms with Crippen molar-refractivity contribution < 1.29 is 14.3 Å². The summed E-state index contributed by atoms with van der Waals surface area (Å²) in [6.07, 6.45) is 7.46. The minimum absolute atomic E-state index is 0.132. The van der Waals surface area contributed by atoms with Crippen LogP contribution in [-0.4, -0.2) is 39.5 Å². The highest BCUT2D eigenvalue weighted by Crippen LogP contribution is 2.14. The molecule has 0 aliphatic rings. The maximum Gasteiger partial charge on any atom is 0.307 e. The molecule has 144 valence electrons. The van der Waals surface area contributed by atoms with Gasteiger partial charge in [-0.15, -0.1) is 0 Å². The van der Waals surface area contributed by atoms with E-state index in [0.29, 0.717) is 18.7 Å². The zero-order chi connectivity index (χ0) is 19.8. The fraction of sp³-hybridized carbons (Fsp3) is 0.227. The summed E-state index contributed by atoms with van der Waals surface area (Å²) in [6.45, 7) is 2.76. The van der Waals surface area contributed by atoms with E-state index in [1.54, 1.807) is 36.4 Å². The van der Waals surface area contributed by atoms with Crippen molar-refractivity contribution in [3.05, 3.63) is 84.4 Å². The Hall–Kier alpha value is -3.41. The highest BCUT2D eigenvalue weighted by atomic mass is 16.5. The van der Waals surface area contributed by atoms with Crippen LogP contribution in [0.1, 0.15) is 29.3 Å². The molecule has 6 heteroatoms. The van der Waals surface area contributed by atoms with Gasteiger partial charge in [0.1, 0.15) is 0 Å². The molecule has 0 radical (unpaired) electrons. The van der Waals surface area contributed by atoms with Gasteiger partial charge in [0.2, 0.25) is 0 Å². The number of carbonyl (C=O) groups is 2. The van der Waals surface area contributed by atoms with E-state index in [0.717, 1.165) is 11.3 Å². The summed E-state index contributed by atoms with van der Waals surface area (Å²) in [5.74, 6) is -0.443. The number of hydrogen-bond acceptors (Lipinski definition) is 4. The van der Waals surface area contributed by atoms with E-state index >= 15 is 0 Å². The van der Waals surface area contributed by atoms with Crippen molar-refractivity contribution in [2.24, 2.45) is 0 Å². The first-order valence-electron chi connectivity index (χ1n) is 9.24. The normalized spacial score (nSPS) is 10.5. The lowest BCUT2D eigenvalue weighted by molar-refractivity contribution is -0.143. The molecule has 6 nitrogen and oxygen atoms in total. The quantitative estimate of drug-likeness (QED) is 0.564. The van der Waals surface area contributed by atoms with Gasteiger partial charge in [0, 0.05) is 49.1 Å². The minimum atomic E-state index is -0.311. The van der Waals surface area contributed by atoms with Gasteiger partial charge in [0.15, 0.2) is 0 Å². The average molecular weight is 377 g/mol. The molecule has 0 fully saturated rings. The highest BCUT2D eigenvalue weighted by Gasteiger charge is 2.18. The van der Waals surface area contributed by atoms with Crippen LogP contribution >= 0.6 is 0 Å². The van der Waals surface area contributed by atoms with Crippen LogP contribution in [0.2, 0.25) is 0 Å². The second-order valence-corrected chi connectivity index (χ2v) is 6.28. The third-order valence-corrected chi connectivity index (χ3v) is 4.29. The number of amides is 1. The Morgan fingerprint density at radius 2 is 1.82 bits per heavy atom. The number of aromatic nitrogens is 2. The Labute approximate surface area is 164 Å². The Bertz CT molecular complexity index is 891. The van der Waals surface area contributed by atoms with Gasteiger partial charge in [0.05, 0.1) is 13.0 Å². The van der Waals surface area contributed by atoms with Gasteiger partial charge >= 0.3 is 5.97 Å². The molecule has 0 atom stereocenters. The molecule has 0 N–H and O–H groups in total. The third-order valence-electron chi connectivity index (χ3n) is 4.29. The van der Waals surface area contributed by atoms with Crippen molar-refractivity contribution in [3.63, 3.8) is 0 Å². The number of ether oxygens (including phenoxy) is 1. The molecule has 0 saturated carbocycles. The molecule has 0 spiro atoms. The van der Waals surface area contributed by atoms with Crippen LogP contribution in [0.5, 0.6) is 0 Å². The number of benzene rings is 1. The topological polar surface area (TPSA) is 64.4 Å². The molecular weight excluding hydrogens is 354 g/mol. The second-order valence-electron chi connectivity index (χ2n) is 6.28. The van der Waals surface area contributed by atoms with Crippen LogP contribution in [0, 0.1) is 0 Å². The summed E-state index contributed by atoms with van der Waals surface area (Å²) in [5, 5.41) is 0. The predicted molar refractivity (Wildman–Crippen MR) is 106 cm³/mol. The van der Waals surface area contributed by atoms with Crippen LogP contribution in [0.25, 0.3) is 5.69 Å². The van der Waals surface area contributed by atoms with E-state index in [4.69, 9.17) is 4.74 Å². The zero-order valence-electron chi connectivity index (χ0n) is 15.8. The molecule has 28 heavy (non-hydrogen) atoms. The van der Waals surface area contributed by atoms with Crippen molar-refractivity contribution in [1.82, 2.24) is 14.5 Å². The van der Waals surface area contributed by atoms with E-state index < -0.39 is 0 Å². The molecular formula is C22H23N3O3. The molecule has 0 saturated heterocycles. The van der Waals surface area contributed by atoms with Gasteiger partial charge in [-0.2, -0.15) is 0 Å². The van der Waals surface area contributed by atoms with Gasteiger partial charge in [-0.3, -0.25) is 14.6 Å². The number of esters is 1. The highest BCUT2D eigenvalue weighted by molar-refractivity contribution is 5.94. The standard InChI is InChI=1S/C22H23N3O3/c1-2-28-21(26)11-15-25(17-18-6-5-12-23-16-18)22(27)19-7-9-20(10-8-19)24-13-3-4-14-24/h3-10,12-14,16H,2,11,15,17H2,1H3. The van der Waals surface area contributed by atoms with E-state index in [-0.39, 0.29) is 24.8 Å². The zero-order valence-corrected chi connectivity index (χ0v) is 15.8. The minimum Gasteiger partial charge on any atom is -0.466 e. The van der Waals surface area contributed by atoms with E-state index in [1.165, 1.54) is 0 Å². The fourth-order valence-corrected chi connectivity index (χ4v) is 2.89. The molecule has 2 aromatic heterocycles. The Morgan fingerprint density at radius 3 is 2.46 bits per heavy atom. The van der Waals surface area contributed by atoms with Gasteiger partial charge in [-0.1, -0.05) is 6.07 Å². The summed E-state index contributed by atoms with van der Waals surface area (Å²) < 4.78 is 6.97. The summed E-state index contributed by atoms with van der Waals surface area (Å²) in [6, 6.07) is 15.0. The Kier molecular flexibility index (Phi) is 6.57. The molecule has 0 bridgehead atoms. The molecule has 1 amide bonds. The lowest BCUT2D eigenvalue weighted by atomic mass is 10.1. The van der Waals surface area contributed by atoms with Crippen LogP contribution in [-0.2, 0) is 16.1 Å². The van der Waals surface area contributed by atoms with Gasteiger partial charge in [0.25, 0.3) is 5.91 Å². The SMILES string of the molecule is CCOC(=O)CCN(Cc1cccnc1)C(=O)c1ccc(-n2cccc2)cc1. The van der Waals surface area contributed by atoms with Gasteiger partial charge < -0.3 is 14.2 Å². The third kappa shape index (κ3) is 5.07. The summed E-state index contributed by atoms with van der Waals surface area (Å²) in [7, 11) is 0. The number of carbonyl (C=O) groups excluding carboxylic acids is 2. The molecule has 0 unspecified atom stereocenters. The van der Waals surface area contributed by atoms with Crippen molar-refractivity contribution in [2.75, 3.05) is 13.2 Å². The first-order valence-corrected chi connectivity index (χ1v) is 9.24. The summed E-state index contributed by atoms with van der Waals surface area (Å²) in [5.41, 5.74) is 2.46. The Balaban J connectivity index is 1.75. The second kappa shape index (κ2) is 9.50. The number of nitrogens with zero attached hydrogens (tertiary/aromatic N) is 3. The number of pyridine rings is 1. The summed E-state index contributed by atoms with van der Waals surface area (Å²) in [4.78, 5) is 30.6. The van der Waals surface area contributed by atoms with E-state index in [2.05, 4.69) is 4.98 Å². The predicted octanol–water partition coefficient (Wildman–Crippen LogP) is 3.47. The summed E-state index contributed by atoms with van der Waals surface area (Å²) >= 11 is 0. The molecule has 1 aromatic carbocycles. The van der Waals surface area contributed by atoms with Crippen LogP contribution < -0.4 is 0 Å². The monoisotopic (exact) mass is 377 g/mol. The van der Waals surface area contributed by atoms with Gasteiger partial charge in [-0.05, 0) is 55.0 Å². The number of hydrogen-bond donors (Lipinski definition) is 0. The lowest BCUT2D eigenvalue weighted by Gasteiger charge is -2.22. The van der Waals surface area contributed by atoms with Crippen molar-refractivity contribution >= 4 is 11.9 Å². The van der Waals surface area contributed by atoms with Crippen molar-refractivity contribution in [3.8, 4) is 5.69 Å². The molecule has 0 aliphatic carbocycles. The van der Waals surface area contributed by atoms with Crippen LogP contribution in [0.3, 0.4) is 0 Å².